The van der Waals surface area contributed by atoms with Crippen molar-refractivity contribution in [3.63, 3.8) is 0 Å². The highest BCUT2D eigenvalue weighted by atomic mass is 19.4. The summed E-state index contributed by atoms with van der Waals surface area (Å²) < 4.78 is 54.8. The number of nitrogens with one attached hydrogen (secondary N) is 2. The lowest BCUT2D eigenvalue weighted by molar-refractivity contribution is -0.138. The molecule has 1 aliphatic heterocycles. The van der Waals surface area contributed by atoms with Crippen LogP contribution in [-0.4, -0.2) is 27.3 Å². The minimum atomic E-state index is -4.64. The molecule has 10 heteroatoms. The Bertz CT molecular complexity index is 859. The second kappa shape index (κ2) is 9.23. The number of fused-ring (bicyclic) bond motifs is 1. The number of aliphatic imine (C=N–C) groups is 1. The highest BCUT2D eigenvalue weighted by Crippen LogP contribution is 2.32. The lowest BCUT2D eigenvalue weighted by atomic mass is 10.1. The average Bonchev–Trinajstić information content (AvgIpc) is 2.90. The molecule has 0 spiro atoms. The Morgan fingerprint density at radius 2 is 2.00 bits per heavy atom. The molecule has 2 N–H and O–H groups in total. The predicted molar refractivity (Wildman–Crippen MR) is 101 cm³/mol. The lowest BCUT2D eigenvalue weighted by Gasteiger charge is -2.14. The van der Waals surface area contributed by atoms with Crippen molar-refractivity contribution < 1.29 is 17.6 Å². The van der Waals surface area contributed by atoms with Crippen LogP contribution in [0.4, 0.5) is 17.6 Å². The van der Waals surface area contributed by atoms with Gasteiger partial charge in [0.15, 0.2) is 11.8 Å². The molecule has 0 radical (unpaired) electrons. The van der Waals surface area contributed by atoms with Crippen LogP contribution in [0.3, 0.4) is 0 Å². The molecule has 29 heavy (non-hydrogen) atoms. The first-order valence-corrected chi connectivity index (χ1v) is 9.67. The second-order valence-electron chi connectivity index (χ2n) is 6.84. The first kappa shape index (κ1) is 21.1. The van der Waals surface area contributed by atoms with Gasteiger partial charge in [-0.1, -0.05) is 12.5 Å². The number of alkyl halides is 3. The van der Waals surface area contributed by atoms with Gasteiger partial charge in [-0.3, -0.25) is 0 Å². The largest absolute Gasteiger partial charge is 0.416 e. The number of guanidine groups is 1. The van der Waals surface area contributed by atoms with Crippen LogP contribution in [0.15, 0.2) is 23.2 Å². The summed E-state index contributed by atoms with van der Waals surface area (Å²) in [6, 6.07) is 2.62. The molecular weight excluding hydrogens is 388 g/mol. The van der Waals surface area contributed by atoms with E-state index < -0.39 is 17.6 Å². The normalized spacial score (nSPS) is 15.0. The van der Waals surface area contributed by atoms with Crippen LogP contribution in [0, 0.1) is 5.82 Å². The van der Waals surface area contributed by atoms with Gasteiger partial charge in [-0.05, 0) is 37.5 Å². The molecule has 2 heterocycles. The number of benzene rings is 1. The van der Waals surface area contributed by atoms with E-state index in [0.717, 1.165) is 56.0 Å². The summed E-state index contributed by atoms with van der Waals surface area (Å²) in [5, 5.41) is 14.6. The maximum Gasteiger partial charge on any atom is 0.416 e. The zero-order valence-electron chi connectivity index (χ0n) is 16.2. The number of aryl methyl sites for hydroxylation is 1. The molecule has 1 aromatic carbocycles. The van der Waals surface area contributed by atoms with E-state index in [1.165, 1.54) is 0 Å². The highest BCUT2D eigenvalue weighted by molar-refractivity contribution is 5.79. The van der Waals surface area contributed by atoms with Crippen molar-refractivity contribution in [2.24, 2.45) is 4.99 Å². The minimum absolute atomic E-state index is 0.0903. The summed E-state index contributed by atoms with van der Waals surface area (Å²) >= 11 is 0. The molecule has 2 aromatic rings. The molecule has 6 nitrogen and oxygen atoms in total. The third-order valence-electron chi connectivity index (χ3n) is 4.73. The van der Waals surface area contributed by atoms with Crippen LogP contribution in [0.2, 0.25) is 0 Å². The van der Waals surface area contributed by atoms with Gasteiger partial charge in [-0.25, -0.2) is 9.38 Å². The molecule has 1 aromatic heterocycles. The maximum atomic E-state index is 13.3. The molecule has 1 aliphatic rings. The summed E-state index contributed by atoms with van der Waals surface area (Å²) in [6.45, 7) is 3.38. The van der Waals surface area contributed by atoms with E-state index in [2.05, 4.69) is 30.4 Å². The Labute approximate surface area is 166 Å². The van der Waals surface area contributed by atoms with Crippen LogP contribution in [0.1, 0.15) is 49.0 Å². The Kier molecular flexibility index (Phi) is 6.71. The third kappa shape index (κ3) is 5.45. The van der Waals surface area contributed by atoms with Crippen molar-refractivity contribution in [3.05, 3.63) is 46.8 Å². The van der Waals surface area contributed by atoms with Gasteiger partial charge in [-0.15, -0.1) is 10.2 Å². The molecule has 0 atom stereocenters. The Morgan fingerprint density at radius 3 is 2.76 bits per heavy atom. The molecule has 0 aliphatic carbocycles. The van der Waals surface area contributed by atoms with Gasteiger partial charge in [0.1, 0.15) is 11.6 Å². The topological polar surface area (TPSA) is 67.1 Å². The van der Waals surface area contributed by atoms with Gasteiger partial charge in [0.05, 0.1) is 18.7 Å². The van der Waals surface area contributed by atoms with Gasteiger partial charge >= 0.3 is 6.18 Å². The fourth-order valence-corrected chi connectivity index (χ4v) is 3.30. The quantitative estimate of drug-likeness (QED) is 0.449. The molecular formula is C19H24F4N6. The van der Waals surface area contributed by atoms with Gasteiger partial charge in [0, 0.05) is 19.5 Å². The van der Waals surface area contributed by atoms with E-state index in [9.17, 15) is 17.6 Å². The fourth-order valence-electron chi connectivity index (χ4n) is 3.30. The number of aromatic nitrogens is 3. The zero-order chi connectivity index (χ0) is 20.9. The monoisotopic (exact) mass is 412 g/mol. The van der Waals surface area contributed by atoms with Gasteiger partial charge in [0.2, 0.25) is 0 Å². The molecule has 158 valence electrons. The Hall–Kier alpha value is -2.65. The summed E-state index contributed by atoms with van der Waals surface area (Å²) in [6.07, 6.45) is -0.435. The number of rotatable bonds is 5. The lowest BCUT2D eigenvalue weighted by Crippen LogP contribution is -2.37. The molecule has 3 rings (SSSR count). The van der Waals surface area contributed by atoms with E-state index in [-0.39, 0.29) is 12.1 Å². The van der Waals surface area contributed by atoms with E-state index in [1.54, 1.807) is 0 Å². The number of hydrogen-bond donors (Lipinski definition) is 2. The molecule has 0 saturated carbocycles. The maximum absolute atomic E-state index is 13.3. The van der Waals surface area contributed by atoms with E-state index in [4.69, 9.17) is 0 Å². The number of hydrogen-bond acceptors (Lipinski definition) is 3. The molecule has 0 fully saturated rings. The molecule has 0 saturated heterocycles. The van der Waals surface area contributed by atoms with Crippen molar-refractivity contribution >= 4 is 5.96 Å². The number of nitrogens with zero attached hydrogens (tertiary/aromatic N) is 4. The first-order chi connectivity index (χ1) is 13.9. The number of halogens is 4. The standard InChI is InChI=1S/C19H24F4N6/c1-2-24-18(25-11-13-7-8-14(20)10-15(13)19(21,22)23)26-12-17-28-27-16-6-4-3-5-9-29(16)17/h7-8,10H,2-6,9,11-12H2,1H3,(H2,24,25,26). The van der Waals surface area contributed by atoms with Crippen LogP contribution < -0.4 is 10.6 Å². The van der Waals surface area contributed by atoms with E-state index >= 15 is 0 Å². The second-order valence-corrected chi connectivity index (χ2v) is 6.84. The first-order valence-electron chi connectivity index (χ1n) is 9.67. The smallest absolute Gasteiger partial charge is 0.357 e. The van der Waals surface area contributed by atoms with Crippen molar-refractivity contribution in [1.29, 1.82) is 0 Å². The van der Waals surface area contributed by atoms with E-state index in [1.807, 2.05) is 6.92 Å². The molecule has 0 amide bonds. The van der Waals surface area contributed by atoms with Crippen molar-refractivity contribution in [2.75, 3.05) is 6.54 Å². The third-order valence-corrected chi connectivity index (χ3v) is 4.73. The van der Waals surface area contributed by atoms with E-state index in [0.29, 0.717) is 25.1 Å². The van der Waals surface area contributed by atoms with Gasteiger partial charge < -0.3 is 15.2 Å². The Morgan fingerprint density at radius 1 is 1.17 bits per heavy atom. The van der Waals surface area contributed by atoms with Gasteiger partial charge in [-0.2, -0.15) is 13.2 Å². The van der Waals surface area contributed by atoms with Crippen molar-refractivity contribution in [2.45, 2.75) is 58.4 Å². The molecule has 0 unspecified atom stereocenters. The minimum Gasteiger partial charge on any atom is -0.357 e. The SMILES string of the molecule is CCNC(=NCc1ccc(F)cc1C(F)(F)F)NCc1nnc2n1CCCCC2. The molecule has 0 bridgehead atoms. The van der Waals surface area contributed by atoms with Crippen molar-refractivity contribution in [3.8, 4) is 0 Å². The van der Waals surface area contributed by atoms with Crippen LogP contribution >= 0.6 is 0 Å². The predicted octanol–water partition coefficient (Wildman–Crippen LogP) is 3.42. The Balaban J connectivity index is 1.72. The van der Waals surface area contributed by atoms with Crippen molar-refractivity contribution in [1.82, 2.24) is 25.4 Å². The van der Waals surface area contributed by atoms with Crippen LogP contribution in [0.25, 0.3) is 0 Å². The van der Waals surface area contributed by atoms with Gasteiger partial charge in [0.25, 0.3) is 0 Å². The average molecular weight is 412 g/mol. The summed E-state index contributed by atoms with van der Waals surface area (Å²) in [7, 11) is 0. The highest BCUT2D eigenvalue weighted by Gasteiger charge is 2.33. The fraction of sp³-hybridized carbons (Fsp3) is 0.526. The summed E-state index contributed by atoms with van der Waals surface area (Å²) in [5.41, 5.74) is -1.10. The summed E-state index contributed by atoms with van der Waals surface area (Å²) in [5.74, 6) is 1.16. The van der Waals surface area contributed by atoms with Crippen LogP contribution in [-0.2, 0) is 32.2 Å². The van der Waals surface area contributed by atoms with Crippen LogP contribution in [0.5, 0.6) is 0 Å². The summed E-state index contributed by atoms with van der Waals surface area (Å²) in [4.78, 5) is 4.23. The zero-order valence-corrected chi connectivity index (χ0v) is 16.2.